The molecule has 1 unspecified atom stereocenters. The summed E-state index contributed by atoms with van der Waals surface area (Å²) < 4.78 is 49.3. The summed E-state index contributed by atoms with van der Waals surface area (Å²) in [5.41, 5.74) is -0.563. The van der Waals surface area contributed by atoms with E-state index in [1.807, 2.05) is 0 Å². The van der Waals surface area contributed by atoms with Crippen molar-refractivity contribution in [3.63, 3.8) is 0 Å². The minimum absolute atomic E-state index is 0.563. The fourth-order valence-corrected chi connectivity index (χ4v) is 1.14. The molecule has 0 aromatic heterocycles. The van der Waals surface area contributed by atoms with Gasteiger partial charge in [0.2, 0.25) is 0 Å². The molecule has 0 aliphatic heterocycles. The molecule has 0 radical (unpaired) electrons. The Labute approximate surface area is 88.1 Å². The molecule has 6 heteroatoms. The van der Waals surface area contributed by atoms with E-state index in [9.17, 15) is 22.4 Å². The predicted molar refractivity (Wildman–Crippen MR) is 45.8 cm³/mol. The molecule has 1 aromatic rings. The fourth-order valence-electron chi connectivity index (χ4n) is 1.14. The van der Waals surface area contributed by atoms with Crippen molar-refractivity contribution in [2.45, 2.75) is 12.1 Å². The Bertz CT molecular complexity index is 447. The maximum absolute atomic E-state index is 13.1. The first kappa shape index (κ1) is 12.2. The van der Waals surface area contributed by atoms with Gasteiger partial charge in [0, 0.05) is 5.56 Å². The minimum Gasteiger partial charge on any atom is -0.288 e. The van der Waals surface area contributed by atoms with E-state index in [1.165, 1.54) is 12.1 Å². The molecule has 0 N–H and O–H groups in total. The third-order valence-corrected chi connectivity index (χ3v) is 1.89. The Hall–Kier alpha value is -1.90. The van der Waals surface area contributed by atoms with E-state index in [-0.39, 0.29) is 0 Å². The summed E-state index contributed by atoms with van der Waals surface area (Å²) in [5, 5.41) is 8.50. The summed E-state index contributed by atoms with van der Waals surface area (Å²) in [6, 6.07) is 5.54. The second kappa shape index (κ2) is 4.31. The molecule has 84 valence electrons. The third kappa shape index (κ3) is 2.37. The highest BCUT2D eigenvalue weighted by Crippen LogP contribution is 2.28. The van der Waals surface area contributed by atoms with Crippen molar-refractivity contribution < 1.29 is 22.4 Å². The Balaban J connectivity index is 3.16. The number of benzene rings is 1. The number of carbonyl (C=O) groups is 1. The van der Waals surface area contributed by atoms with Gasteiger partial charge in [-0.25, -0.2) is 4.39 Å². The molecule has 0 heterocycles. The molecule has 0 saturated carbocycles. The lowest BCUT2D eigenvalue weighted by Crippen LogP contribution is -2.28. The summed E-state index contributed by atoms with van der Waals surface area (Å²) in [7, 11) is 0. The van der Waals surface area contributed by atoms with Crippen molar-refractivity contribution in [3.8, 4) is 6.07 Å². The molecule has 0 aliphatic carbocycles. The molecule has 0 bridgehead atoms. The highest BCUT2D eigenvalue weighted by Gasteiger charge is 2.44. The molecule has 1 atom stereocenters. The van der Waals surface area contributed by atoms with E-state index >= 15 is 0 Å². The van der Waals surface area contributed by atoms with Gasteiger partial charge in [0.15, 0.2) is 0 Å². The van der Waals surface area contributed by atoms with Crippen molar-refractivity contribution in [2.24, 2.45) is 0 Å². The summed E-state index contributed by atoms with van der Waals surface area (Å²) >= 11 is 0. The maximum atomic E-state index is 13.1. The summed E-state index contributed by atoms with van der Waals surface area (Å²) in [5.74, 6) is -5.42. The number of alkyl halides is 3. The Kier molecular flexibility index (Phi) is 3.28. The number of carbonyl (C=O) groups excluding carboxylic acids is 1. The average molecular weight is 231 g/mol. The van der Waals surface area contributed by atoms with Crippen LogP contribution in [0.5, 0.6) is 0 Å². The molecule has 16 heavy (non-hydrogen) atoms. The van der Waals surface area contributed by atoms with Crippen LogP contribution in [0, 0.1) is 17.1 Å². The van der Waals surface area contributed by atoms with Crippen molar-refractivity contribution in [2.75, 3.05) is 0 Å². The fraction of sp³-hybridized carbons (Fsp3) is 0.200. The van der Waals surface area contributed by atoms with Crippen molar-refractivity contribution >= 4 is 5.78 Å². The zero-order valence-electron chi connectivity index (χ0n) is 7.75. The van der Waals surface area contributed by atoms with E-state index in [0.29, 0.717) is 0 Å². The first-order valence-corrected chi connectivity index (χ1v) is 4.13. The van der Waals surface area contributed by atoms with Crippen LogP contribution in [0.1, 0.15) is 11.5 Å². The number of nitriles is 1. The molecule has 0 spiro atoms. The van der Waals surface area contributed by atoms with Crippen molar-refractivity contribution in [1.82, 2.24) is 0 Å². The van der Waals surface area contributed by atoms with E-state index in [4.69, 9.17) is 5.26 Å². The number of ketones is 1. The normalized spacial score (nSPS) is 12.9. The summed E-state index contributed by atoms with van der Waals surface area (Å²) in [4.78, 5) is 10.8. The van der Waals surface area contributed by atoms with Gasteiger partial charge in [-0.15, -0.1) is 0 Å². The molecular weight excluding hydrogens is 226 g/mol. The Morgan fingerprint density at radius 1 is 1.31 bits per heavy atom. The number of hydrogen-bond donors (Lipinski definition) is 0. The van der Waals surface area contributed by atoms with E-state index < -0.39 is 29.3 Å². The highest BCUT2D eigenvalue weighted by molar-refractivity contribution is 5.92. The van der Waals surface area contributed by atoms with E-state index in [2.05, 4.69) is 0 Å². The van der Waals surface area contributed by atoms with E-state index in [1.54, 1.807) is 0 Å². The van der Waals surface area contributed by atoms with Gasteiger partial charge in [-0.2, -0.15) is 18.4 Å². The number of Topliss-reactive ketones (excluding diaryl/α,β-unsaturated/α-hetero) is 1. The zero-order valence-corrected chi connectivity index (χ0v) is 7.75. The first-order chi connectivity index (χ1) is 7.38. The van der Waals surface area contributed by atoms with Crippen LogP contribution in [0.15, 0.2) is 24.3 Å². The summed E-state index contributed by atoms with van der Waals surface area (Å²) in [6.07, 6.45) is -5.15. The molecule has 1 rings (SSSR count). The minimum atomic E-state index is -5.15. The Morgan fingerprint density at radius 3 is 2.31 bits per heavy atom. The van der Waals surface area contributed by atoms with Gasteiger partial charge in [-0.3, -0.25) is 4.79 Å². The van der Waals surface area contributed by atoms with Gasteiger partial charge in [0.1, 0.15) is 11.7 Å². The van der Waals surface area contributed by atoms with Crippen LogP contribution in [-0.4, -0.2) is 12.0 Å². The average Bonchev–Trinajstić information content (AvgIpc) is 2.20. The molecule has 2 nitrogen and oxygen atoms in total. The number of halogens is 4. The van der Waals surface area contributed by atoms with Crippen LogP contribution in [0.25, 0.3) is 0 Å². The van der Waals surface area contributed by atoms with Crippen LogP contribution < -0.4 is 0 Å². The lowest BCUT2D eigenvalue weighted by atomic mass is 9.95. The van der Waals surface area contributed by atoms with Gasteiger partial charge in [-0.1, -0.05) is 18.2 Å². The van der Waals surface area contributed by atoms with Crippen LogP contribution in [0.2, 0.25) is 0 Å². The molecule has 0 fully saturated rings. The number of rotatable bonds is 2. The molecule has 0 saturated heterocycles. The molecule has 0 aliphatic rings. The standard InChI is InChI=1S/C10H5F4NO/c11-8-4-2-1-3-6(8)7(5-15)9(16)10(12,13)14/h1-4,7H. The quantitative estimate of drug-likeness (QED) is 0.734. The maximum Gasteiger partial charge on any atom is 0.451 e. The van der Waals surface area contributed by atoms with E-state index in [0.717, 1.165) is 18.2 Å². The summed E-state index contributed by atoms with van der Waals surface area (Å²) in [6.45, 7) is 0. The number of hydrogen-bond acceptors (Lipinski definition) is 2. The molecule has 0 amide bonds. The first-order valence-electron chi connectivity index (χ1n) is 4.13. The van der Waals surface area contributed by atoms with Crippen molar-refractivity contribution in [1.29, 1.82) is 5.26 Å². The molecule has 1 aromatic carbocycles. The van der Waals surface area contributed by atoms with Crippen LogP contribution in [0.4, 0.5) is 17.6 Å². The van der Waals surface area contributed by atoms with Gasteiger partial charge < -0.3 is 0 Å². The van der Waals surface area contributed by atoms with Crippen LogP contribution >= 0.6 is 0 Å². The number of nitrogens with zero attached hydrogens (tertiary/aromatic N) is 1. The van der Waals surface area contributed by atoms with Crippen LogP contribution in [0.3, 0.4) is 0 Å². The predicted octanol–water partition coefficient (Wildman–Crippen LogP) is 2.56. The zero-order chi connectivity index (χ0) is 12.3. The third-order valence-electron chi connectivity index (χ3n) is 1.89. The van der Waals surface area contributed by atoms with Gasteiger partial charge in [-0.05, 0) is 6.07 Å². The lowest BCUT2D eigenvalue weighted by molar-refractivity contribution is -0.171. The van der Waals surface area contributed by atoms with Gasteiger partial charge >= 0.3 is 6.18 Å². The second-order valence-corrected chi connectivity index (χ2v) is 2.95. The smallest absolute Gasteiger partial charge is 0.288 e. The van der Waals surface area contributed by atoms with Crippen molar-refractivity contribution in [3.05, 3.63) is 35.6 Å². The largest absolute Gasteiger partial charge is 0.451 e. The Morgan fingerprint density at radius 2 is 1.88 bits per heavy atom. The highest BCUT2D eigenvalue weighted by atomic mass is 19.4. The molecular formula is C10H5F4NO. The SMILES string of the molecule is N#CC(C(=O)C(F)(F)F)c1ccccc1F. The van der Waals surface area contributed by atoms with Gasteiger partial charge in [0.05, 0.1) is 6.07 Å². The topological polar surface area (TPSA) is 40.9 Å². The monoisotopic (exact) mass is 231 g/mol. The van der Waals surface area contributed by atoms with Crippen LogP contribution in [-0.2, 0) is 4.79 Å². The second-order valence-electron chi connectivity index (χ2n) is 2.95. The van der Waals surface area contributed by atoms with Gasteiger partial charge in [0.25, 0.3) is 5.78 Å². The lowest BCUT2D eigenvalue weighted by Gasteiger charge is -2.11.